The first kappa shape index (κ1) is 29.7. The molecule has 0 saturated heterocycles. The number of nitrogens with zero attached hydrogens (tertiary/aromatic N) is 3. The first-order chi connectivity index (χ1) is 16.2. The van der Waals surface area contributed by atoms with Crippen molar-refractivity contribution in [2.24, 2.45) is 0 Å². The minimum atomic E-state index is -3.77. The van der Waals surface area contributed by atoms with Crippen molar-refractivity contribution >= 4 is 21.7 Å². The van der Waals surface area contributed by atoms with Crippen LogP contribution in [0.15, 0.2) is 102 Å². The number of sulfonamides is 1. The zero-order chi connectivity index (χ0) is 25.0. The number of aromatic nitrogens is 2. The van der Waals surface area contributed by atoms with Gasteiger partial charge in [-0.05, 0) is 61.4 Å². The standard InChI is InChI=1S/C19H17N2O2S.C5H5N.C2H4O2.Pd/c1-14-7-9-16(10-8-14)24(22,23)21-18-6-4-3-5-17(18)19-13-15(2)11-12-20-19;1-2-4-6-5-3-1;1-2(3)4;/h3-13H,1-2H3;1-5H;1H3,(H,3,4);/q-1;;;. The van der Waals surface area contributed by atoms with Crippen LogP contribution in [0.1, 0.15) is 18.1 Å². The Morgan fingerprint density at radius 1 is 0.829 bits per heavy atom. The van der Waals surface area contributed by atoms with Crippen molar-refractivity contribution in [2.75, 3.05) is 0 Å². The Bertz CT molecular complexity index is 1270. The molecule has 0 aliphatic rings. The van der Waals surface area contributed by atoms with Crippen LogP contribution in [0.3, 0.4) is 0 Å². The number of aliphatic carboxylic acids is 1. The summed E-state index contributed by atoms with van der Waals surface area (Å²) in [4.78, 5) is 17.3. The first-order valence-electron chi connectivity index (χ1n) is 10.3. The SMILES string of the molecule is CC(=O)O.Cc1ccc(S(=O)(=O)[N-]c2ccccc2-c2cc(C)ccn2)cc1.[Pd].c1ccncc1. The van der Waals surface area contributed by atoms with Gasteiger partial charge >= 0.3 is 0 Å². The van der Waals surface area contributed by atoms with E-state index in [1.807, 2.05) is 56.3 Å². The molecule has 0 atom stereocenters. The van der Waals surface area contributed by atoms with E-state index in [0.29, 0.717) is 16.9 Å². The van der Waals surface area contributed by atoms with Gasteiger partial charge in [0.1, 0.15) is 10.0 Å². The Balaban J connectivity index is 0.000000467. The quantitative estimate of drug-likeness (QED) is 0.299. The fourth-order valence-corrected chi connectivity index (χ4v) is 3.66. The zero-order valence-corrected chi connectivity index (χ0v) is 21.8. The van der Waals surface area contributed by atoms with Gasteiger partial charge in [0.05, 0.1) is 10.6 Å². The molecule has 0 saturated carbocycles. The van der Waals surface area contributed by atoms with Crippen molar-refractivity contribution in [3.63, 3.8) is 0 Å². The van der Waals surface area contributed by atoms with Crippen LogP contribution >= 0.6 is 0 Å². The third-order valence-electron chi connectivity index (χ3n) is 4.20. The molecule has 0 radical (unpaired) electrons. The van der Waals surface area contributed by atoms with Crippen molar-refractivity contribution in [3.8, 4) is 11.3 Å². The fourth-order valence-electron chi connectivity index (χ4n) is 2.66. The summed E-state index contributed by atoms with van der Waals surface area (Å²) in [6, 6.07) is 23.3. The van der Waals surface area contributed by atoms with E-state index >= 15 is 0 Å². The van der Waals surface area contributed by atoms with Crippen LogP contribution in [-0.4, -0.2) is 29.5 Å². The van der Waals surface area contributed by atoms with E-state index in [2.05, 4.69) is 14.7 Å². The number of aryl methyl sites for hydroxylation is 2. The molecular formula is C26H26N3O4PdS-. The van der Waals surface area contributed by atoms with Crippen LogP contribution in [0.5, 0.6) is 0 Å². The molecule has 0 aliphatic carbocycles. The molecule has 0 spiro atoms. The second kappa shape index (κ2) is 14.8. The smallest absolute Gasteiger partial charge is 0.300 e. The molecule has 9 heteroatoms. The molecule has 4 rings (SSSR count). The zero-order valence-electron chi connectivity index (χ0n) is 19.5. The molecule has 0 bridgehead atoms. The summed E-state index contributed by atoms with van der Waals surface area (Å²) in [6.07, 6.45) is 5.20. The van der Waals surface area contributed by atoms with Crippen LogP contribution in [0.25, 0.3) is 16.0 Å². The maximum Gasteiger partial charge on any atom is 0.300 e. The fraction of sp³-hybridized carbons (Fsp3) is 0.115. The number of hydrogen-bond acceptors (Lipinski definition) is 5. The molecular weight excluding hydrogens is 557 g/mol. The number of carboxylic acid groups (broad SMARTS) is 1. The summed E-state index contributed by atoms with van der Waals surface area (Å²) >= 11 is 0. The second-order valence-corrected chi connectivity index (χ2v) is 8.76. The minimum absolute atomic E-state index is 0. The third kappa shape index (κ3) is 10.6. The van der Waals surface area contributed by atoms with Gasteiger partial charge in [0.25, 0.3) is 5.97 Å². The summed E-state index contributed by atoms with van der Waals surface area (Å²) in [6.45, 7) is 4.96. The van der Waals surface area contributed by atoms with Crippen LogP contribution in [0.4, 0.5) is 5.69 Å². The van der Waals surface area contributed by atoms with Crippen molar-refractivity contribution in [1.29, 1.82) is 0 Å². The average molecular weight is 583 g/mol. The number of pyridine rings is 2. The number of carboxylic acids is 1. The summed E-state index contributed by atoms with van der Waals surface area (Å²) < 4.78 is 29.2. The molecule has 2 heterocycles. The third-order valence-corrected chi connectivity index (χ3v) is 5.50. The number of benzene rings is 2. The van der Waals surface area contributed by atoms with Gasteiger partial charge in [0.2, 0.25) is 0 Å². The van der Waals surface area contributed by atoms with Gasteiger partial charge < -0.3 is 9.83 Å². The molecule has 0 fully saturated rings. The van der Waals surface area contributed by atoms with Crippen molar-refractivity contribution in [3.05, 3.63) is 113 Å². The summed E-state index contributed by atoms with van der Waals surface area (Å²) in [7, 11) is -3.77. The molecule has 0 aliphatic heterocycles. The number of rotatable bonds is 4. The van der Waals surface area contributed by atoms with Gasteiger partial charge in [-0.1, -0.05) is 48.0 Å². The largest absolute Gasteiger partial charge is 0.572 e. The van der Waals surface area contributed by atoms with Crippen molar-refractivity contribution in [1.82, 2.24) is 9.97 Å². The molecule has 4 aromatic rings. The van der Waals surface area contributed by atoms with E-state index in [-0.39, 0.29) is 25.3 Å². The molecule has 0 unspecified atom stereocenters. The van der Waals surface area contributed by atoms with Crippen LogP contribution in [0, 0.1) is 13.8 Å². The van der Waals surface area contributed by atoms with Gasteiger partial charge in [-0.25, -0.2) is 8.42 Å². The second-order valence-electron chi connectivity index (χ2n) is 7.16. The van der Waals surface area contributed by atoms with Gasteiger partial charge in [0.15, 0.2) is 0 Å². The first-order valence-corrected chi connectivity index (χ1v) is 11.7. The molecule has 7 nitrogen and oxygen atoms in total. The maximum absolute atomic E-state index is 12.6. The van der Waals surface area contributed by atoms with Crippen molar-refractivity contribution in [2.45, 2.75) is 25.7 Å². The Morgan fingerprint density at radius 3 is 1.94 bits per heavy atom. The van der Waals surface area contributed by atoms with Gasteiger partial charge in [-0.2, -0.15) is 0 Å². The minimum Gasteiger partial charge on any atom is -0.572 e. The van der Waals surface area contributed by atoms with Gasteiger partial charge in [-0.3, -0.25) is 14.8 Å². The van der Waals surface area contributed by atoms with Gasteiger partial charge in [-0.15, -0.1) is 5.69 Å². The van der Waals surface area contributed by atoms with Crippen LogP contribution in [-0.2, 0) is 35.2 Å². The summed E-state index contributed by atoms with van der Waals surface area (Å²) in [5.74, 6) is -0.833. The van der Waals surface area contributed by atoms with E-state index in [9.17, 15) is 8.42 Å². The van der Waals surface area contributed by atoms with Crippen LogP contribution in [0.2, 0.25) is 0 Å². The maximum atomic E-state index is 12.6. The van der Waals surface area contributed by atoms with E-state index in [1.54, 1.807) is 55.0 Å². The summed E-state index contributed by atoms with van der Waals surface area (Å²) in [5, 5.41) is 7.42. The van der Waals surface area contributed by atoms with E-state index in [1.165, 1.54) is 0 Å². The number of carbonyl (C=O) groups is 1. The molecule has 2 aromatic carbocycles. The Labute approximate surface area is 220 Å². The summed E-state index contributed by atoms with van der Waals surface area (Å²) in [5.41, 5.74) is 3.83. The van der Waals surface area contributed by atoms with Crippen molar-refractivity contribution < 1.29 is 38.7 Å². The molecule has 0 amide bonds. The normalized spacial score (nSPS) is 9.80. The van der Waals surface area contributed by atoms with E-state index in [4.69, 9.17) is 9.90 Å². The van der Waals surface area contributed by atoms with Crippen LogP contribution < -0.4 is 0 Å². The molecule has 2 aromatic heterocycles. The van der Waals surface area contributed by atoms with E-state index < -0.39 is 16.0 Å². The predicted molar refractivity (Wildman–Crippen MR) is 133 cm³/mol. The predicted octanol–water partition coefficient (Wildman–Crippen LogP) is 5.93. The van der Waals surface area contributed by atoms with Gasteiger partial charge in [0, 0.05) is 45.9 Å². The monoisotopic (exact) mass is 582 g/mol. The average Bonchev–Trinajstić information content (AvgIpc) is 2.81. The Kier molecular flexibility index (Phi) is 12.5. The topological polar surface area (TPSA) is 111 Å². The number of hydrogen-bond donors (Lipinski definition) is 1. The molecule has 35 heavy (non-hydrogen) atoms. The molecule has 186 valence electrons. The Morgan fingerprint density at radius 2 is 1.43 bits per heavy atom. The molecule has 1 N–H and O–H groups in total. The van der Waals surface area contributed by atoms with E-state index in [0.717, 1.165) is 18.1 Å². The Hall–Kier alpha value is -3.38.